The number of hydrogen-bond acceptors (Lipinski definition) is 9. The van der Waals surface area contributed by atoms with Crippen molar-refractivity contribution in [3.8, 4) is 11.1 Å². The molecule has 1 saturated heterocycles. The molecule has 0 radical (unpaired) electrons. The lowest BCUT2D eigenvalue weighted by atomic mass is 10.1. The third-order valence-corrected chi connectivity index (χ3v) is 4.30. The van der Waals surface area contributed by atoms with Crippen molar-refractivity contribution in [2.24, 2.45) is 5.34 Å². The highest BCUT2D eigenvalue weighted by Crippen LogP contribution is 2.24. The molecular weight excluding hydrogens is 350 g/mol. The second-order valence-electron chi connectivity index (χ2n) is 6.08. The zero-order valence-electron chi connectivity index (χ0n) is 14.8. The Bertz CT molecular complexity index is 791. The molecule has 1 aliphatic rings. The zero-order valence-corrected chi connectivity index (χ0v) is 14.8. The van der Waals surface area contributed by atoms with Gasteiger partial charge in [-0.3, -0.25) is 9.74 Å². The van der Waals surface area contributed by atoms with Gasteiger partial charge in [0.25, 0.3) is 0 Å². The maximum Gasteiger partial charge on any atom is 0.373 e. The molecule has 1 aliphatic heterocycles. The van der Waals surface area contributed by atoms with E-state index < -0.39 is 5.97 Å². The van der Waals surface area contributed by atoms with E-state index in [0.29, 0.717) is 23.6 Å². The average Bonchev–Trinajstić information content (AvgIpc) is 2.70. The van der Waals surface area contributed by atoms with Crippen molar-refractivity contribution in [2.45, 2.75) is 0 Å². The van der Waals surface area contributed by atoms with Gasteiger partial charge in [-0.15, -0.1) is 4.91 Å². The topological polar surface area (TPSA) is 119 Å². The van der Waals surface area contributed by atoms with Gasteiger partial charge in [0, 0.05) is 43.6 Å². The van der Waals surface area contributed by atoms with E-state index >= 15 is 0 Å². The summed E-state index contributed by atoms with van der Waals surface area (Å²) in [6.45, 7) is 4.55. The van der Waals surface area contributed by atoms with E-state index in [1.807, 2.05) is 12.1 Å². The van der Waals surface area contributed by atoms with E-state index in [9.17, 15) is 9.70 Å². The number of ether oxygens (including phenoxy) is 1. The minimum atomic E-state index is -0.858. The lowest BCUT2D eigenvalue weighted by molar-refractivity contribution is 0.0398. The number of nitrogens with one attached hydrogen (secondary N) is 1. The molecule has 2 aromatic rings. The largest absolute Gasteiger partial charge is 0.399 e. The van der Waals surface area contributed by atoms with Crippen LogP contribution in [0.1, 0.15) is 10.4 Å². The maximum atomic E-state index is 12.1. The first-order valence-corrected chi connectivity index (χ1v) is 8.61. The van der Waals surface area contributed by atoms with Crippen molar-refractivity contribution >= 4 is 17.5 Å². The van der Waals surface area contributed by atoms with Crippen LogP contribution in [0, 0.1) is 4.91 Å². The Morgan fingerprint density at radius 2 is 2.00 bits per heavy atom. The molecule has 0 spiro atoms. The number of nitrogen functional groups attached to an aromatic ring is 1. The Hall–Kier alpha value is -3.04. The summed E-state index contributed by atoms with van der Waals surface area (Å²) in [4.78, 5) is 33.3. The van der Waals surface area contributed by atoms with E-state index in [1.54, 1.807) is 24.4 Å². The van der Waals surface area contributed by atoms with Gasteiger partial charge in [-0.05, 0) is 23.8 Å². The first-order chi connectivity index (χ1) is 13.2. The van der Waals surface area contributed by atoms with Gasteiger partial charge in [-0.1, -0.05) is 12.1 Å². The summed E-state index contributed by atoms with van der Waals surface area (Å²) in [5, 5.41) is 5.36. The standard InChI is InChI=1S/C18H21N5O4/c19-15-3-1-13(2-4-15)14-11-16(18(24)27-22-25)17(21-12-14)20-5-6-23-7-9-26-10-8-23/h1-4,11-12H,5-10,19H2,(H,20,21). The number of anilines is 2. The van der Waals surface area contributed by atoms with Crippen LogP contribution in [0.25, 0.3) is 11.1 Å². The SMILES string of the molecule is Nc1ccc(-c2cnc(NCCN3CCOCC3)c(C(=O)ON=O)c2)cc1. The highest BCUT2D eigenvalue weighted by atomic mass is 16.7. The first kappa shape index (κ1) is 18.7. The monoisotopic (exact) mass is 371 g/mol. The number of pyridine rings is 1. The van der Waals surface area contributed by atoms with Crippen LogP contribution in [0.15, 0.2) is 41.9 Å². The van der Waals surface area contributed by atoms with Crippen molar-refractivity contribution in [3.63, 3.8) is 0 Å². The van der Waals surface area contributed by atoms with Gasteiger partial charge in [0.1, 0.15) is 11.4 Å². The molecule has 1 aromatic carbocycles. The fourth-order valence-electron chi connectivity index (χ4n) is 2.83. The quantitative estimate of drug-likeness (QED) is 0.430. The Kier molecular flexibility index (Phi) is 6.29. The Morgan fingerprint density at radius 1 is 1.26 bits per heavy atom. The predicted octanol–water partition coefficient (Wildman–Crippen LogP) is 1.91. The van der Waals surface area contributed by atoms with Gasteiger partial charge in [-0.2, -0.15) is 0 Å². The normalized spacial score (nSPS) is 14.5. The molecule has 3 N–H and O–H groups in total. The zero-order chi connectivity index (χ0) is 19.1. The van der Waals surface area contributed by atoms with Crippen LogP contribution >= 0.6 is 0 Å². The highest BCUT2D eigenvalue weighted by Gasteiger charge is 2.17. The number of aromatic nitrogens is 1. The molecule has 27 heavy (non-hydrogen) atoms. The third-order valence-electron chi connectivity index (χ3n) is 4.30. The van der Waals surface area contributed by atoms with Crippen molar-refractivity contribution in [3.05, 3.63) is 47.0 Å². The number of benzene rings is 1. The number of carbonyl (C=O) groups excluding carboxylic acids is 1. The molecule has 0 aliphatic carbocycles. The minimum Gasteiger partial charge on any atom is -0.399 e. The van der Waals surface area contributed by atoms with Crippen LogP contribution in [0.5, 0.6) is 0 Å². The predicted molar refractivity (Wildman–Crippen MR) is 101 cm³/mol. The highest BCUT2D eigenvalue weighted by molar-refractivity contribution is 5.96. The van der Waals surface area contributed by atoms with Gasteiger partial charge in [0.2, 0.25) is 0 Å². The van der Waals surface area contributed by atoms with E-state index in [4.69, 9.17) is 10.5 Å². The molecule has 142 valence electrons. The van der Waals surface area contributed by atoms with Crippen LogP contribution < -0.4 is 11.1 Å². The summed E-state index contributed by atoms with van der Waals surface area (Å²) in [6, 6.07) is 8.78. The van der Waals surface area contributed by atoms with E-state index in [2.05, 4.69) is 25.4 Å². The van der Waals surface area contributed by atoms with E-state index in [1.165, 1.54) is 0 Å². The molecule has 9 nitrogen and oxygen atoms in total. The first-order valence-electron chi connectivity index (χ1n) is 8.61. The smallest absolute Gasteiger partial charge is 0.373 e. The molecule has 1 fully saturated rings. The number of nitrogens with two attached hydrogens (primary N) is 1. The molecule has 0 amide bonds. The molecular formula is C18H21N5O4. The summed E-state index contributed by atoms with van der Waals surface area (Å²) >= 11 is 0. The molecule has 9 heteroatoms. The number of nitrogens with zero attached hydrogens (tertiary/aromatic N) is 3. The molecule has 0 atom stereocenters. The van der Waals surface area contributed by atoms with Crippen LogP contribution in [-0.2, 0) is 9.57 Å². The van der Waals surface area contributed by atoms with Crippen molar-refractivity contribution in [2.75, 3.05) is 50.4 Å². The van der Waals surface area contributed by atoms with Crippen molar-refractivity contribution in [1.29, 1.82) is 0 Å². The molecule has 3 rings (SSSR count). The molecule has 0 saturated carbocycles. The fraction of sp³-hybridized carbons (Fsp3) is 0.333. The van der Waals surface area contributed by atoms with Crippen LogP contribution in [0.2, 0.25) is 0 Å². The summed E-state index contributed by atoms with van der Waals surface area (Å²) in [6.07, 6.45) is 1.65. The van der Waals surface area contributed by atoms with Crippen molar-refractivity contribution in [1.82, 2.24) is 9.88 Å². The number of carbonyl (C=O) groups is 1. The summed E-state index contributed by atoms with van der Waals surface area (Å²) in [7, 11) is 0. The lowest BCUT2D eigenvalue weighted by Crippen LogP contribution is -2.39. The van der Waals surface area contributed by atoms with Gasteiger partial charge >= 0.3 is 5.97 Å². The second kappa shape index (κ2) is 9.06. The molecule has 2 heterocycles. The van der Waals surface area contributed by atoms with E-state index in [-0.39, 0.29) is 5.56 Å². The van der Waals surface area contributed by atoms with Crippen LogP contribution in [-0.4, -0.2) is 55.2 Å². The summed E-state index contributed by atoms with van der Waals surface area (Å²) < 4.78 is 5.32. The molecule has 0 unspecified atom stereocenters. The number of morpholine rings is 1. The van der Waals surface area contributed by atoms with Gasteiger partial charge in [0.05, 0.1) is 13.2 Å². The molecule has 0 bridgehead atoms. The third kappa shape index (κ3) is 4.99. The van der Waals surface area contributed by atoms with Gasteiger partial charge in [0.15, 0.2) is 5.34 Å². The van der Waals surface area contributed by atoms with Gasteiger partial charge in [-0.25, -0.2) is 9.78 Å². The van der Waals surface area contributed by atoms with Crippen LogP contribution in [0.3, 0.4) is 0 Å². The number of hydrogen-bond donors (Lipinski definition) is 2. The Balaban J connectivity index is 1.76. The number of rotatable bonds is 7. The Labute approximate surface area is 156 Å². The maximum absolute atomic E-state index is 12.1. The summed E-state index contributed by atoms with van der Waals surface area (Å²) in [5.41, 5.74) is 8.02. The second-order valence-corrected chi connectivity index (χ2v) is 6.08. The lowest BCUT2D eigenvalue weighted by Gasteiger charge is -2.26. The van der Waals surface area contributed by atoms with Crippen LogP contribution in [0.4, 0.5) is 11.5 Å². The van der Waals surface area contributed by atoms with E-state index in [0.717, 1.165) is 38.4 Å². The minimum absolute atomic E-state index is 0.144. The fourth-order valence-corrected chi connectivity index (χ4v) is 2.83. The Morgan fingerprint density at radius 3 is 2.70 bits per heavy atom. The van der Waals surface area contributed by atoms with Gasteiger partial charge < -0.3 is 15.8 Å². The summed E-state index contributed by atoms with van der Waals surface area (Å²) in [5.74, 6) is -0.514. The molecule has 1 aromatic heterocycles. The van der Waals surface area contributed by atoms with Crippen molar-refractivity contribution < 1.29 is 14.4 Å². The average molecular weight is 371 g/mol.